The number of aromatic nitrogens is 2. The Balaban J connectivity index is 2.37. The van der Waals surface area contributed by atoms with Crippen molar-refractivity contribution >= 4 is 17.6 Å². The zero-order chi connectivity index (χ0) is 12.4. The lowest BCUT2D eigenvalue weighted by atomic mass is 10.1. The van der Waals surface area contributed by atoms with Crippen molar-refractivity contribution in [2.24, 2.45) is 0 Å². The number of nitrogens with zero attached hydrogens (tertiary/aromatic N) is 2. The number of carbonyl (C=O) groups is 1. The molecule has 1 aromatic carbocycles. The molecule has 0 atom stereocenters. The molecule has 88 valence electrons. The Morgan fingerprint density at radius 1 is 1.41 bits per heavy atom. The van der Waals surface area contributed by atoms with E-state index in [2.05, 4.69) is 5.10 Å². The molecule has 0 saturated heterocycles. The van der Waals surface area contributed by atoms with Crippen LogP contribution >= 0.6 is 11.6 Å². The van der Waals surface area contributed by atoms with E-state index in [0.717, 1.165) is 16.8 Å². The Morgan fingerprint density at radius 2 is 2.06 bits per heavy atom. The molecule has 17 heavy (non-hydrogen) atoms. The lowest BCUT2D eigenvalue weighted by Gasteiger charge is -2.03. The molecule has 0 aliphatic heterocycles. The molecule has 1 aromatic heterocycles. The van der Waals surface area contributed by atoms with E-state index in [0.29, 0.717) is 5.02 Å². The summed E-state index contributed by atoms with van der Waals surface area (Å²) in [7, 11) is 0. The van der Waals surface area contributed by atoms with E-state index in [-0.39, 0.29) is 6.54 Å². The summed E-state index contributed by atoms with van der Waals surface area (Å²) >= 11 is 5.81. The monoisotopic (exact) mass is 250 g/mol. The van der Waals surface area contributed by atoms with Gasteiger partial charge in [0, 0.05) is 16.3 Å². The summed E-state index contributed by atoms with van der Waals surface area (Å²) in [5, 5.41) is 13.5. The van der Waals surface area contributed by atoms with Crippen LogP contribution in [0.4, 0.5) is 0 Å². The van der Waals surface area contributed by atoms with Gasteiger partial charge < -0.3 is 5.11 Å². The Labute approximate surface area is 103 Å². The van der Waals surface area contributed by atoms with Crippen molar-refractivity contribution in [3.63, 3.8) is 0 Å². The zero-order valence-corrected chi connectivity index (χ0v) is 9.98. The fourth-order valence-electron chi connectivity index (χ4n) is 1.65. The number of halogens is 1. The number of carboxylic acid groups (broad SMARTS) is 1. The maximum atomic E-state index is 10.6. The summed E-state index contributed by atoms with van der Waals surface area (Å²) in [5.74, 6) is -0.904. The molecule has 0 amide bonds. The van der Waals surface area contributed by atoms with Gasteiger partial charge in [-0.1, -0.05) is 23.7 Å². The van der Waals surface area contributed by atoms with Gasteiger partial charge in [-0.25, -0.2) is 0 Å². The Hall–Kier alpha value is -1.81. The van der Waals surface area contributed by atoms with Crippen LogP contribution in [0.5, 0.6) is 0 Å². The third-order valence-corrected chi connectivity index (χ3v) is 2.80. The highest BCUT2D eigenvalue weighted by molar-refractivity contribution is 6.30. The molecule has 5 heteroatoms. The van der Waals surface area contributed by atoms with Crippen LogP contribution in [-0.2, 0) is 11.3 Å². The summed E-state index contributed by atoms with van der Waals surface area (Å²) < 4.78 is 1.46. The molecule has 4 nitrogen and oxygen atoms in total. The van der Waals surface area contributed by atoms with E-state index in [1.54, 1.807) is 18.3 Å². The smallest absolute Gasteiger partial charge is 0.325 e. The average Bonchev–Trinajstić information content (AvgIpc) is 2.61. The van der Waals surface area contributed by atoms with E-state index in [1.807, 2.05) is 19.1 Å². The average molecular weight is 251 g/mol. The van der Waals surface area contributed by atoms with Crippen LogP contribution in [-0.4, -0.2) is 20.9 Å². The molecule has 1 N–H and O–H groups in total. The lowest BCUT2D eigenvalue weighted by molar-refractivity contribution is -0.137. The molecule has 0 saturated carbocycles. The van der Waals surface area contributed by atoms with Crippen LogP contribution in [0.15, 0.2) is 30.5 Å². The third kappa shape index (κ3) is 2.47. The highest BCUT2D eigenvalue weighted by Crippen LogP contribution is 2.24. The first-order chi connectivity index (χ1) is 8.08. The minimum atomic E-state index is -0.904. The highest BCUT2D eigenvalue weighted by atomic mass is 35.5. The normalized spacial score (nSPS) is 10.5. The molecule has 0 aliphatic carbocycles. The van der Waals surface area contributed by atoms with Crippen molar-refractivity contribution in [3.05, 3.63) is 41.2 Å². The van der Waals surface area contributed by atoms with Crippen LogP contribution in [0.2, 0.25) is 5.02 Å². The summed E-state index contributed by atoms with van der Waals surface area (Å²) in [6.07, 6.45) is 1.67. The molecule has 0 spiro atoms. The first kappa shape index (κ1) is 11.7. The summed E-state index contributed by atoms with van der Waals surface area (Å²) in [6.45, 7) is 1.72. The SMILES string of the molecule is Cc1c(-c2ccc(Cl)cc2)cnn1CC(=O)O. The molecule has 2 aromatic rings. The second-order valence-electron chi connectivity index (χ2n) is 3.70. The highest BCUT2D eigenvalue weighted by Gasteiger charge is 2.10. The van der Waals surface area contributed by atoms with E-state index in [9.17, 15) is 4.79 Å². The first-order valence-electron chi connectivity index (χ1n) is 5.08. The Morgan fingerprint density at radius 3 is 2.65 bits per heavy atom. The lowest BCUT2D eigenvalue weighted by Crippen LogP contribution is -2.11. The third-order valence-electron chi connectivity index (χ3n) is 2.54. The van der Waals surface area contributed by atoms with Gasteiger partial charge in [-0.2, -0.15) is 5.10 Å². The maximum absolute atomic E-state index is 10.6. The maximum Gasteiger partial charge on any atom is 0.325 e. The van der Waals surface area contributed by atoms with Gasteiger partial charge in [0.15, 0.2) is 0 Å². The molecule has 0 bridgehead atoms. The molecule has 0 radical (unpaired) electrons. The second kappa shape index (κ2) is 4.59. The predicted octanol–water partition coefficient (Wildman–Crippen LogP) is 2.60. The van der Waals surface area contributed by atoms with Gasteiger partial charge in [-0.05, 0) is 24.6 Å². The van der Waals surface area contributed by atoms with Gasteiger partial charge >= 0.3 is 5.97 Å². The molecule has 1 heterocycles. The summed E-state index contributed by atoms with van der Waals surface area (Å²) in [5.41, 5.74) is 2.72. The van der Waals surface area contributed by atoms with Crippen molar-refractivity contribution < 1.29 is 9.90 Å². The Bertz CT molecular complexity index is 546. The molecular weight excluding hydrogens is 240 g/mol. The van der Waals surface area contributed by atoms with Gasteiger partial charge in [0.1, 0.15) is 6.54 Å². The van der Waals surface area contributed by atoms with Crippen LogP contribution in [0, 0.1) is 6.92 Å². The van der Waals surface area contributed by atoms with Crippen molar-refractivity contribution in [1.29, 1.82) is 0 Å². The van der Waals surface area contributed by atoms with Crippen molar-refractivity contribution in [2.45, 2.75) is 13.5 Å². The topological polar surface area (TPSA) is 55.1 Å². The molecular formula is C12H11ClN2O2. The van der Waals surface area contributed by atoms with Crippen LogP contribution < -0.4 is 0 Å². The van der Waals surface area contributed by atoms with Gasteiger partial charge in [-0.3, -0.25) is 9.48 Å². The number of aliphatic carboxylic acids is 1. The van der Waals surface area contributed by atoms with E-state index in [4.69, 9.17) is 16.7 Å². The number of hydrogen-bond donors (Lipinski definition) is 1. The van der Waals surface area contributed by atoms with Crippen LogP contribution in [0.3, 0.4) is 0 Å². The van der Waals surface area contributed by atoms with Crippen LogP contribution in [0.1, 0.15) is 5.69 Å². The zero-order valence-electron chi connectivity index (χ0n) is 9.22. The molecule has 0 fully saturated rings. The van der Waals surface area contributed by atoms with Gasteiger partial charge in [0.25, 0.3) is 0 Å². The van der Waals surface area contributed by atoms with Crippen molar-refractivity contribution in [3.8, 4) is 11.1 Å². The van der Waals surface area contributed by atoms with Crippen LogP contribution in [0.25, 0.3) is 11.1 Å². The number of carboxylic acids is 1. The number of hydrogen-bond acceptors (Lipinski definition) is 2. The van der Waals surface area contributed by atoms with Crippen molar-refractivity contribution in [2.75, 3.05) is 0 Å². The van der Waals surface area contributed by atoms with Gasteiger partial charge in [-0.15, -0.1) is 0 Å². The predicted molar refractivity (Wildman–Crippen MR) is 65.0 cm³/mol. The standard InChI is InChI=1S/C12H11ClN2O2/c1-8-11(6-14-15(8)7-12(16)17)9-2-4-10(13)5-3-9/h2-6H,7H2,1H3,(H,16,17). The van der Waals surface area contributed by atoms with Crippen molar-refractivity contribution in [1.82, 2.24) is 9.78 Å². The fraction of sp³-hybridized carbons (Fsp3) is 0.167. The van der Waals surface area contributed by atoms with E-state index < -0.39 is 5.97 Å². The second-order valence-corrected chi connectivity index (χ2v) is 4.14. The molecule has 2 rings (SSSR count). The fourth-order valence-corrected chi connectivity index (χ4v) is 1.77. The molecule has 0 aliphatic rings. The quantitative estimate of drug-likeness (QED) is 0.911. The van der Waals surface area contributed by atoms with E-state index >= 15 is 0 Å². The number of rotatable bonds is 3. The van der Waals surface area contributed by atoms with Gasteiger partial charge in [0.2, 0.25) is 0 Å². The largest absolute Gasteiger partial charge is 0.480 e. The van der Waals surface area contributed by atoms with Gasteiger partial charge in [0.05, 0.1) is 6.20 Å². The minimum Gasteiger partial charge on any atom is -0.480 e. The number of benzene rings is 1. The van der Waals surface area contributed by atoms with E-state index in [1.165, 1.54) is 4.68 Å². The Kier molecular flexibility index (Phi) is 3.15. The molecule has 0 unspecified atom stereocenters. The summed E-state index contributed by atoms with van der Waals surface area (Å²) in [4.78, 5) is 10.6. The first-order valence-corrected chi connectivity index (χ1v) is 5.46. The minimum absolute atomic E-state index is 0.126. The summed E-state index contributed by atoms with van der Waals surface area (Å²) in [6, 6.07) is 7.37.